The molecule has 0 saturated carbocycles. The quantitative estimate of drug-likeness (QED) is 0.522. The molecule has 1 spiro atoms. The van der Waals surface area contributed by atoms with Gasteiger partial charge in [0.1, 0.15) is 0 Å². The van der Waals surface area contributed by atoms with Gasteiger partial charge in [-0.2, -0.15) is 13.5 Å². The molecule has 0 atom stereocenters. The summed E-state index contributed by atoms with van der Waals surface area (Å²) in [5.41, 5.74) is 0. The molecule has 0 aromatic carbocycles. The summed E-state index contributed by atoms with van der Waals surface area (Å²) in [6.07, 6.45) is 0. The molecule has 1 fully saturated rings. The molecule has 0 aliphatic carbocycles. The molecule has 82 valence electrons. The zero-order valence-electron chi connectivity index (χ0n) is 6.43. The van der Waals surface area contributed by atoms with Crippen LogP contribution in [0.25, 0.3) is 0 Å². The van der Waals surface area contributed by atoms with Crippen molar-refractivity contribution < 1.29 is 9.05 Å². The first-order chi connectivity index (χ1) is 6.33. The highest BCUT2D eigenvalue weighted by Crippen LogP contribution is 2.86. The number of halogens is 4. The maximum absolute atomic E-state index is 5.84. The molecule has 0 amide bonds. The van der Waals surface area contributed by atoms with Crippen LogP contribution in [0.5, 0.6) is 0 Å². The molecule has 1 saturated heterocycles. The van der Waals surface area contributed by atoms with Gasteiger partial charge >= 0.3 is 7.66 Å². The Balaban J connectivity index is 2.62. The molecule has 2 aliphatic rings. The SMILES string of the molecule is ClP1(Cl)=NP(Cl)(Cl)=NP2(=N1)OCCO2. The van der Waals surface area contributed by atoms with Gasteiger partial charge in [-0.15, -0.1) is 0 Å². The van der Waals surface area contributed by atoms with Gasteiger partial charge in [0.2, 0.25) is 0 Å². The van der Waals surface area contributed by atoms with E-state index in [-0.39, 0.29) is 0 Å². The minimum absolute atomic E-state index is 0.391. The van der Waals surface area contributed by atoms with Crippen molar-refractivity contribution in [2.45, 2.75) is 0 Å². The molecule has 0 aromatic heterocycles. The Kier molecular flexibility index (Phi) is 3.41. The number of hydrogen-bond donors (Lipinski definition) is 0. The van der Waals surface area contributed by atoms with Crippen molar-refractivity contribution in [1.82, 2.24) is 0 Å². The number of rotatable bonds is 0. The topological polar surface area (TPSA) is 55.5 Å². The molecule has 0 unspecified atom stereocenters. The van der Waals surface area contributed by atoms with Crippen molar-refractivity contribution in [3.63, 3.8) is 0 Å². The first-order valence-electron chi connectivity index (χ1n) is 3.32. The summed E-state index contributed by atoms with van der Waals surface area (Å²) in [5, 5.41) is 0. The molecule has 5 nitrogen and oxygen atoms in total. The standard InChI is InChI=1S/C2H4Cl4N3O2P3/c3-12(4)7-13(5,6)9-14(8-12)10-1-2-11-14/h1-2H2. The minimum atomic E-state index is -2.89. The Morgan fingerprint density at radius 3 is 1.79 bits per heavy atom. The third-order valence-corrected chi connectivity index (χ3v) is 12.4. The molecule has 14 heavy (non-hydrogen) atoms. The van der Waals surface area contributed by atoms with Crippen molar-refractivity contribution >= 4 is 64.4 Å². The lowest BCUT2D eigenvalue weighted by atomic mass is 10.8. The van der Waals surface area contributed by atoms with Gasteiger partial charge in [0.25, 0.3) is 11.8 Å². The summed E-state index contributed by atoms with van der Waals surface area (Å²) in [7, 11) is -2.76. The van der Waals surface area contributed by atoms with Crippen molar-refractivity contribution in [1.29, 1.82) is 0 Å². The lowest BCUT2D eigenvalue weighted by Gasteiger charge is -2.20. The molecule has 0 N–H and O–H groups in total. The average Bonchev–Trinajstić information content (AvgIpc) is 2.27. The summed E-state index contributed by atoms with van der Waals surface area (Å²) in [6.45, 7) is 0.782. The molecule has 12 heteroatoms. The zero-order valence-corrected chi connectivity index (χ0v) is 12.1. The Hall–Kier alpha value is 1.77. The summed E-state index contributed by atoms with van der Waals surface area (Å²) in [4.78, 5) is 0. The highest BCUT2D eigenvalue weighted by Gasteiger charge is 2.38. The fraction of sp³-hybridized carbons (Fsp3) is 1.00. The average molecular weight is 337 g/mol. The van der Waals surface area contributed by atoms with Gasteiger partial charge in [-0.3, -0.25) is 0 Å². The van der Waals surface area contributed by atoms with E-state index in [0.29, 0.717) is 13.2 Å². The fourth-order valence-electron chi connectivity index (χ4n) is 0.908. The van der Waals surface area contributed by atoms with Crippen LogP contribution in [0, 0.1) is 0 Å². The Labute approximate surface area is 100 Å². The van der Waals surface area contributed by atoms with E-state index in [1.807, 2.05) is 0 Å². The van der Waals surface area contributed by atoms with E-state index in [4.69, 9.17) is 54.0 Å². The van der Waals surface area contributed by atoms with Crippen LogP contribution in [0.3, 0.4) is 0 Å². The Morgan fingerprint density at radius 2 is 1.29 bits per heavy atom. The number of hydrogen-bond acceptors (Lipinski definition) is 5. The highest BCUT2D eigenvalue weighted by atomic mass is 35.9. The second-order valence-corrected chi connectivity index (χ2v) is 14.5. The summed E-state index contributed by atoms with van der Waals surface area (Å²) in [6, 6.07) is 0. The van der Waals surface area contributed by atoms with Crippen LogP contribution in [-0.4, -0.2) is 13.2 Å². The lowest BCUT2D eigenvalue weighted by molar-refractivity contribution is 0.365. The summed E-state index contributed by atoms with van der Waals surface area (Å²) < 4.78 is 22.3. The molecule has 2 aliphatic heterocycles. The smallest absolute Gasteiger partial charge is 0.304 e. The highest BCUT2D eigenvalue weighted by molar-refractivity contribution is 8.20. The van der Waals surface area contributed by atoms with E-state index in [9.17, 15) is 0 Å². The van der Waals surface area contributed by atoms with Crippen LogP contribution in [0.15, 0.2) is 13.5 Å². The van der Waals surface area contributed by atoms with Gasteiger partial charge in [-0.1, -0.05) is 0 Å². The van der Waals surface area contributed by atoms with E-state index in [1.54, 1.807) is 0 Å². The van der Waals surface area contributed by atoms with Crippen molar-refractivity contribution in [3.05, 3.63) is 0 Å². The molecular formula is C2H4Cl4N3O2P3. The van der Waals surface area contributed by atoms with Crippen LogP contribution in [-0.2, 0) is 9.05 Å². The van der Waals surface area contributed by atoms with Gasteiger partial charge in [0.05, 0.1) is 13.2 Å². The van der Waals surface area contributed by atoms with Gasteiger partial charge < -0.3 is 9.05 Å². The van der Waals surface area contributed by atoms with Crippen LogP contribution >= 0.6 is 64.4 Å². The second-order valence-electron chi connectivity index (χ2n) is 2.34. The first kappa shape index (κ1) is 12.2. The Morgan fingerprint density at radius 1 is 0.786 bits per heavy atom. The maximum atomic E-state index is 5.84. The normalized spacial score (nSPS) is 31.7. The van der Waals surface area contributed by atoms with Crippen LogP contribution in [0.1, 0.15) is 0 Å². The van der Waals surface area contributed by atoms with E-state index in [2.05, 4.69) is 13.5 Å². The summed E-state index contributed by atoms with van der Waals surface area (Å²) in [5.74, 6) is -5.77. The molecule has 0 radical (unpaired) electrons. The van der Waals surface area contributed by atoms with Crippen LogP contribution < -0.4 is 0 Å². The van der Waals surface area contributed by atoms with Gasteiger partial charge in [0, 0.05) is 0 Å². The maximum Gasteiger partial charge on any atom is 0.345 e. The molecule has 2 heterocycles. The van der Waals surface area contributed by atoms with Gasteiger partial charge in [0.15, 0.2) is 0 Å². The van der Waals surface area contributed by atoms with Crippen molar-refractivity contribution in [2.24, 2.45) is 13.5 Å². The Bertz CT molecular complexity index is 404. The molecular weight excluding hydrogens is 333 g/mol. The lowest BCUT2D eigenvalue weighted by Crippen LogP contribution is -1.79. The monoisotopic (exact) mass is 335 g/mol. The molecule has 0 bridgehead atoms. The second kappa shape index (κ2) is 3.91. The number of nitrogens with zero attached hydrogens (tertiary/aromatic N) is 3. The van der Waals surface area contributed by atoms with E-state index in [1.165, 1.54) is 0 Å². The van der Waals surface area contributed by atoms with Crippen LogP contribution in [0.4, 0.5) is 0 Å². The zero-order chi connectivity index (χ0) is 10.4. The predicted octanol–water partition coefficient (Wildman–Crippen LogP) is 5.84. The third-order valence-electron chi connectivity index (χ3n) is 1.26. The van der Waals surface area contributed by atoms with Gasteiger partial charge in [-0.25, -0.2) is 0 Å². The van der Waals surface area contributed by atoms with Crippen molar-refractivity contribution in [3.8, 4) is 0 Å². The van der Waals surface area contributed by atoms with E-state index in [0.717, 1.165) is 0 Å². The molecule has 2 rings (SSSR count). The largest absolute Gasteiger partial charge is 0.345 e. The van der Waals surface area contributed by atoms with Gasteiger partial charge in [-0.05, 0) is 45.0 Å². The third kappa shape index (κ3) is 2.71. The minimum Gasteiger partial charge on any atom is -0.304 e. The van der Waals surface area contributed by atoms with Crippen molar-refractivity contribution in [2.75, 3.05) is 13.2 Å². The van der Waals surface area contributed by atoms with Crippen LogP contribution in [0.2, 0.25) is 0 Å². The molecule has 0 aromatic rings. The fourth-order valence-corrected chi connectivity index (χ4v) is 14.9. The predicted molar refractivity (Wildman–Crippen MR) is 63.4 cm³/mol. The van der Waals surface area contributed by atoms with E-state index < -0.39 is 19.5 Å². The summed E-state index contributed by atoms with van der Waals surface area (Å²) >= 11 is 23.3. The van der Waals surface area contributed by atoms with E-state index >= 15 is 0 Å². The first-order valence-corrected chi connectivity index (χ1v) is 11.9.